The van der Waals surface area contributed by atoms with Gasteiger partial charge < -0.3 is 14.5 Å². The Labute approximate surface area is 197 Å². The zero-order valence-corrected chi connectivity index (χ0v) is 19.8. The molecule has 0 spiro atoms. The van der Waals surface area contributed by atoms with Gasteiger partial charge in [0.2, 0.25) is 10.0 Å². The number of hydrogen-bond acceptors (Lipinski definition) is 5. The lowest BCUT2D eigenvalue weighted by molar-refractivity contribution is -0.129. The van der Waals surface area contributed by atoms with Gasteiger partial charge in [0.15, 0.2) is 4.84 Å². The molecule has 0 atom stereocenters. The molecule has 1 amide bonds. The van der Waals surface area contributed by atoms with E-state index in [1.165, 1.54) is 25.3 Å². The number of carbonyl (C=O) groups is 1. The molecule has 0 radical (unpaired) electrons. The van der Waals surface area contributed by atoms with Crippen molar-refractivity contribution in [2.75, 3.05) is 44.7 Å². The van der Waals surface area contributed by atoms with Crippen LogP contribution in [0, 0.1) is 5.82 Å². The summed E-state index contributed by atoms with van der Waals surface area (Å²) >= 11 is 11.3. The molecule has 0 unspecified atom stereocenters. The number of methoxy groups -OCH3 is 1. The molecule has 2 aromatic rings. The summed E-state index contributed by atoms with van der Waals surface area (Å²) in [5, 5.41) is 0. The van der Waals surface area contributed by atoms with E-state index in [1.54, 1.807) is 29.2 Å². The zero-order chi connectivity index (χ0) is 23.3. The standard InChI is InChI=1S/C21H24Cl2FN3O4S/c1-31-19-7-6-17(32(29,30)25-9-8-15-2-4-16(24)5-3-15)14-18(19)26-10-12-27(13-11-26)21(28)20(22)23/h2-7,14,20,25H,8-13H2,1H3. The summed E-state index contributed by atoms with van der Waals surface area (Å²) in [5.74, 6) is -0.153. The maximum Gasteiger partial charge on any atom is 0.255 e. The van der Waals surface area contributed by atoms with Gasteiger partial charge in [-0.25, -0.2) is 17.5 Å². The van der Waals surface area contributed by atoms with Crippen molar-refractivity contribution in [1.82, 2.24) is 9.62 Å². The normalized spacial score (nSPS) is 14.7. The lowest BCUT2D eigenvalue weighted by Crippen LogP contribution is -2.50. The summed E-state index contributed by atoms with van der Waals surface area (Å²) in [6.07, 6.45) is 0.431. The van der Waals surface area contributed by atoms with Gasteiger partial charge >= 0.3 is 0 Å². The number of nitrogens with one attached hydrogen (secondary N) is 1. The van der Waals surface area contributed by atoms with E-state index < -0.39 is 14.9 Å². The Morgan fingerprint density at radius 2 is 1.78 bits per heavy atom. The molecule has 7 nitrogen and oxygen atoms in total. The maximum atomic E-state index is 13.0. The minimum absolute atomic E-state index is 0.104. The molecule has 11 heteroatoms. The zero-order valence-electron chi connectivity index (χ0n) is 17.4. The predicted molar refractivity (Wildman–Crippen MR) is 123 cm³/mol. The Hall–Kier alpha value is -2.07. The van der Waals surface area contributed by atoms with Gasteiger partial charge in [-0.1, -0.05) is 35.3 Å². The monoisotopic (exact) mass is 503 g/mol. The Morgan fingerprint density at radius 1 is 1.12 bits per heavy atom. The minimum Gasteiger partial charge on any atom is -0.495 e. The van der Waals surface area contributed by atoms with Crippen molar-refractivity contribution in [1.29, 1.82) is 0 Å². The van der Waals surface area contributed by atoms with Crippen LogP contribution in [0.2, 0.25) is 0 Å². The minimum atomic E-state index is -3.77. The van der Waals surface area contributed by atoms with Crippen molar-refractivity contribution in [3.63, 3.8) is 0 Å². The van der Waals surface area contributed by atoms with Crippen LogP contribution in [0.1, 0.15) is 5.56 Å². The average molecular weight is 504 g/mol. The average Bonchev–Trinajstić information content (AvgIpc) is 2.79. The van der Waals surface area contributed by atoms with Gasteiger partial charge in [-0.15, -0.1) is 0 Å². The molecule has 32 heavy (non-hydrogen) atoms. The number of halogens is 3. The van der Waals surface area contributed by atoms with Crippen molar-refractivity contribution in [3.05, 3.63) is 53.8 Å². The van der Waals surface area contributed by atoms with Gasteiger partial charge in [-0.2, -0.15) is 0 Å². The molecule has 3 rings (SSSR count). The van der Waals surface area contributed by atoms with Crippen molar-refractivity contribution >= 4 is 44.8 Å². The summed E-state index contributed by atoms with van der Waals surface area (Å²) in [4.78, 5) is 14.5. The van der Waals surface area contributed by atoms with Gasteiger partial charge in [0.25, 0.3) is 5.91 Å². The van der Waals surface area contributed by atoms with Crippen LogP contribution in [-0.4, -0.2) is 63.9 Å². The smallest absolute Gasteiger partial charge is 0.255 e. The molecule has 0 bridgehead atoms. The highest BCUT2D eigenvalue weighted by molar-refractivity contribution is 7.89. The highest BCUT2D eigenvalue weighted by Crippen LogP contribution is 2.32. The summed E-state index contributed by atoms with van der Waals surface area (Å²) in [6.45, 7) is 1.94. The van der Waals surface area contributed by atoms with Crippen molar-refractivity contribution in [2.45, 2.75) is 16.2 Å². The molecule has 1 heterocycles. The van der Waals surface area contributed by atoms with E-state index in [9.17, 15) is 17.6 Å². The fraction of sp³-hybridized carbons (Fsp3) is 0.381. The third-order valence-electron chi connectivity index (χ3n) is 5.20. The lowest BCUT2D eigenvalue weighted by atomic mass is 10.1. The number of sulfonamides is 1. The van der Waals surface area contributed by atoms with E-state index >= 15 is 0 Å². The highest BCUT2D eigenvalue weighted by atomic mass is 35.5. The molecule has 0 saturated carbocycles. The number of piperazine rings is 1. The van der Waals surface area contributed by atoms with Gasteiger partial charge in [0.05, 0.1) is 17.7 Å². The number of nitrogens with zero attached hydrogens (tertiary/aromatic N) is 2. The van der Waals surface area contributed by atoms with Crippen LogP contribution in [0.3, 0.4) is 0 Å². The predicted octanol–water partition coefficient (Wildman–Crippen LogP) is 2.81. The van der Waals surface area contributed by atoms with Gasteiger partial charge in [-0.05, 0) is 42.3 Å². The van der Waals surface area contributed by atoms with Crippen LogP contribution in [0.5, 0.6) is 5.75 Å². The number of rotatable bonds is 8. The SMILES string of the molecule is COc1ccc(S(=O)(=O)NCCc2ccc(F)cc2)cc1N1CCN(C(=O)C(Cl)Cl)CC1. The van der Waals surface area contributed by atoms with Gasteiger partial charge in [-0.3, -0.25) is 4.79 Å². The van der Waals surface area contributed by atoms with Crippen LogP contribution in [0.4, 0.5) is 10.1 Å². The first-order valence-corrected chi connectivity index (χ1v) is 12.3. The second kappa shape index (κ2) is 10.7. The van der Waals surface area contributed by atoms with E-state index in [4.69, 9.17) is 27.9 Å². The van der Waals surface area contributed by atoms with Crippen LogP contribution in [0.25, 0.3) is 0 Å². The van der Waals surface area contributed by atoms with E-state index in [-0.39, 0.29) is 23.2 Å². The maximum absolute atomic E-state index is 13.0. The van der Waals surface area contributed by atoms with Gasteiger partial charge in [0, 0.05) is 32.7 Å². The van der Waals surface area contributed by atoms with E-state index in [0.717, 1.165) is 5.56 Å². The Bertz CT molecular complexity index is 1040. The van der Waals surface area contributed by atoms with Gasteiger partial charge in [0.1, 0.15) is 11.6 Å². The fourth-order valence-electron chi connectivity index (χ4n) is 3.45. The lowest BCUT2D eigenvalue weighted by Gasteiger charge is -2.37. The second-order valence-corrected chi connectivity index (χ2v) is 10.1. The summed E-state index contributed by atoms with van der Waals surface area (Å²) in [6, 6.07) is 10.6. The number of ether oxygens (including phenoxy) is 1. The number of alkyl halides is 2. The quantitative estimate of drug-likeness (QED) is 0.560. The number of hydrogen-bond donors (Lipinski definition) is 1. The van der Waals surface area contributed by atoms with E-state index in [2.05, 4.69) is 4.72 Å². The van der Waals surface area contributed by atoms with Crippen molar-refractivity contribution in [2.24, 2.45) is 0 Å². The topological polar surface area (TPSA) is 79.0 Å². The first kappa shape index (κ1) is 24.6. The Balaban J connectivity index is 1.69. The van der Waals surface area contributed by atoms with E-state index in [0.29, 0.717) is 44.0 Å². The molecular formula is C21H24Cl2FN3O4S. The Morgan fingerprint density at radius 3 is 2.38 bits per heavy atom. The molecule has 1 aliphatic rings. The highest BCUT2D eigenvalue weighted by Gasteiger charge is 2.27. The second-order valence-electron chi connectivity index (χ2n) is 7.22. The van der Waals surface area contributed by atoms with Crippen LogP contribution < -0.4 is 14.4 Å². The molecule has 1 saturated heterocycles. The van der Waals surface area contributed by atoms with Crippen LogP contribution >= 0.6 is 23.2 Å². The molecule has 0 aliphatic carbocycles. The summed E-state index contributed by atoms with van der Waals surface area (Å²) in [7, 11) is -2.25. The first-order chi connectivity index (χ1) is 15.2. The number of amides is 1. The van der Waals surface area contributed by atoms with Crippen molar-refractivity contribution in [3.8, 4) is 5.75 Å². The fourth-order valence-corrected chi connectivity index (χ4v) is 4.78. The number of benzene rings is 2. The summed E-state index contributed by atoms with van der Waals surface area (Å²) < 4.78 is 46.6. The van der Waals surface area contributed by atoms with E-state index in [1.807, 2.05) is 4.90 Å². The molecule has 0 aromatic heterocycles. The molecule has 1 aliphatic heterocycles. The third-order valence-corrected chi connectivity index (χ3v) is 7.03. The molecular weight excluding hydrogens is 480 g/mol. The number of carbonyl (C=O) groups excluding carboxylic acids is 1. The van der Waals surface area contributed by atoms with Crippen LogP contribution in [0.15, 0.2) is 47.4 Å². The molecule has 2 aromatic carbocycles. The molecule has 1 fully saturated rings. The van der Waals surface area contributed by atoms with Crippen molar-refractivity contribution < 1.29 is 22.3 Å². The molecule has 174 valence electrons. The number of anilines is 1. The third kappa shape index (κ3) is 6.04. The largest absolute Gasteiger partial charge is 0.495 e. The van der Waals surface area contributed by atoms with Crippen LogP contribution in [-0.2, 0) is 21.2 Å². The summed E-state index contributed by atoms with van der Waals surface area (Å²) in [5.41, 5.74) is 1.45. The first-order valence-electron chi connectivity index (χ1n) is 9.95. The molecule has 1 N–H and O–H groups in total. The Kier molecular flexibility index (Phi) is 8.21.